The predicted octanol–water partition coefficient (Wildman–Crippen LogP) is 2.76. The second-order valence-electron chi connectivity index (χ2n) is 7.35. The van der Waals surface area contributed by atoms with Crippen LogP contribution in [-0.4, -0.2) is 55.5 Å². The lowest BCUT2D eigenvalue weighted by atomic mass is 10.1. The first-order valence-corrected chi connectivity index (χ1v) is 10.5. The zero-order chi connectivity index (χ0) is 20.8. The highest BCUT2D eigenvalue weighted by Crippen LogP contribution is 2.08. The lowest BCUT2D eigenvalue weighted by Crippen LogP contribution is -2.40. The van der Waals surface area contributed by atoms with Crippen LogP contribution in [0.2, 0.25) is 0 Å². The van der Waals surface area contributed by atoms with Crippen molar-refractivity contribution < 1.29 is 4.79 Å². The Hall–Kier alpha value is -2.08. The number of nitrogens with one attached hydrogen (secondary N) is 3. The van der Waals surface area contributed by atoms with Gasteiger partial charge in [-0.3, -0.25) is 14.7 Å². The Kier molecular flexibility index (Phi) is 12.0. The molecule has 0 fully saturated rings. The summed E-state index contributed by atoms with van der Waals surface area (Å²) in [5.74, 6) is 0.852. The number of amides is 1. The van der Waals surface area contributed by atoms with Crippen molar-refractivity contribution in [1.82, 2.24) is 20.9 Å². The van der Waals surface area contributed by atoms with Crippen molar-refractivity contribution in [3.8, 4) is 0 Å². The fourth-order valence-electron chi connectivity index (χ4n) is 2.70. The van der Waals surface area contributed by atoms with Gasteiger partial charge in [0, 0.05) is 44.7 Å². The minimum atomic E-state index is 0.0776. The Labute approximate surface area is 171 Å². The number of nitrogens with zero attached hydrogens (tertiary/aromatic N) is 2. The number of hydrogen-bond acceptors (Lipinski definition) is 3. The molecule has 0 aliphatic carbocycles. The number of carbonyl (C=O) groups is 1. The number of rotatable bonds is 12. The first-order valence-electron chi connectivity index (χ1n) is 10.5. The third kappa shape index (κ3) is 10.3. The predicted molar refractivity (Wildman–Crippen MR) is 118 cm³/mol. The number of hydrogen-bond donors (Lipinski definition) is 3. The van der Waals surface area contributed by atoms with E-state index in [2.05, 4.69) is 71.0 Å². The molecule has 3 N–H and O–H groups in total. The van der Waals surface area contributed by atoms with Gasteiger partial charge in [0.25, 0.3) is 0 Å². The van der Waals surface area contributed by atoms with Crippen LogP contribution in [-0.2, 0) is 11.3 Å². The topological polar surface area (TPSA) is 68.8 Å². The van der Waals surface area contributed by atoms with Crippen LogP contribution >= 0.6 is 0 Å². The summed E-state index contributed by atoms with van der Waals surface area (Å²) < 4.78 is 0. The normalized spacial score (nSPS) is 13.9. The summed E-state index contributed by atoms with van der Waals surface area (Å²) in [5.41, 5.74) is 1.33. The minimum Gasteiger partial charge on any atom is -0.357 e. The highest BCUT2D eigenvalue weighted by molar-refractivity contribution is 5.81. The summed E-state index contributed by atoms with van der Waals surface area (Å²) in [5, 5.41) is 9.48. The molecular weight excluding hydrogens is 350 g/mol. The molecule has 0 heterocycles. The van der Waals surface area contributed by atoms with E-state index in [1.54, 1.807) is 0 Å². The van der Waals surface area contributed by atoms with Gasteiger partial charge in [-0.15, -0.1) is 0 Å². The molecule has 1 aromatic carbocycles. The van der Waals surface area contributed by atoms with Crippen LogP contribution in [0.25, 0.3) is 0 Å². The molecule has 6 heteroatoms. The molecule has 0 saturated carbocycles. The van der Waals surface area contributed by atoms with Crippen LogP contribution in [0.5, 0.6) is 0 Å². The van der Waals surface area contributed by atoms with Crippen molar-refractivity contribution >= 4 is 11.9 Å². The second-order valence-corrected chi connectivity index (χ2v) is 7.35. The van der Waals surface area contributed by atoms with E-state index in [1.807, 2.05) is 19.9 Å². The Bertz CT molecular complexity index is 576. The van der Waals surface area contributed by atoms with Gasteiger partial charge in [0.2, 0.25) is 5.91 Å². The smallest absolute Gasteiger partial charge is 0.221 e. The van der Waals surface area contributed by atoms with Crippen molar-refractivity contribution in [3.63, 3.8) is 0 Å². The van der Waals surface area contributed by atoms with Crippen molar-refractivity contribution in [3.05, 3.63) is 35.9 Å². The first-order chi connectivity index (χ1) is 13.5. The quantitative estimate of drug-likeness (QED) is 0.380. The standard InChI is InChI=1S/C22H39N5O/c1-6-18(3)26-21(28)14-16-25-22(23-7-2)24-15-13-19(4)27(5)17-20-11-9-8-10-12-20/h8-12,18-19H,6-7,13-17H2,1-5H3,(H,26,28)(H2,23,24,25). The van der Waals surface area contributed by atoms with Crippen LogP contribution in [0.15, 0.2) is 35.3 Å². The van der Waals surface area contributed by atoms with Crippen LogP contribution in [0, 0.1) is 0 Å². The van der Waals surface area contributed by atoms with Crippen LogP contribution in [0.4, 0.5) is 0 Å². The largest absolute Gasteiger partial charge is 0.357 e. The SMILES string of the molecule is CCNC(=NCCC(C)N(C)Cc1ccccc1)NCCC(=O)NC(C)CC. The van der Waals surface area contributed by atoms with E-state index in [1.165, 1.54) is 5.56 Å². The van der Waals surface area contributed by atoms with Crippen LogP contribution in [0.1, 0.15) is 52.5 Å². The second kappa shape index (κ2) is 14.0. The van der Waals surface area contributed by atoms with E-state index >= 15 is 0 Å². The van der Waals surface area contributed by atoms with E-state index in [4.69, 9.17) is 0 Å². The maximum atomic E-state index is 11.9. The van der Waals surface area contributed by atoms with Crippen LogP contribution in [0.3, 0.4) is 0 Å². The third-order valence-corrected chi connectivity index (χ3v) is 4.85. The highest BCUT2D eigenvalue weighted by Gasteiger charge is 2.10. The maximum Gasteiger partial charge on any atom is 0.221 e. The summed E-state index contributed by atoms with van der Waals surface area (Å²) >= 11 is 0. The molecule has 0 spiro atoms. The van der Waals surface area contributed by atoms with Gasteiger partial charge in [0.05, 0.1) is 0 Å². The summed E-state index contributed by atoms with van der Waals surface area (Å²) in [6.07, 6.45) is 2.37. The van der Waals surface area contributed by atoms with Gasteiger partial charge in [-0.1, -0.05) is 37.3 Å². The lowest BCUT2D eigenvalue weighted by molar-refractivity contribution is -0.121. The molecule has 1 aromatic rings. The molecule has 0 aromatic heterocycles. The molecule has 0 aliphatic heterocycles. The highest BCUT2D eigenvalue weighted by atomic mass is 16.1. The Morgan fingerprint density at radius 3 is 2.50 bits per heavy atom. The third-order valence-electron chi connectivity index (χ3n) is 4.85. The maximum absolute atomic E-state index is 11.9. The van der Waals surface area contributed by atoms with Crippen molar-refractivity contribution in [1.29, 1.82) is 0 Å². The summed E-state index contributed by atoms with van der Waals surface area (Å²) in [7, 11) is 2.15. The first kappa shape index (κ1) is 24.0. The molecule has 2 atom stereocenters. The van der Waals surface area contributed by atoms with Gasteiger partial charge >= 0.3 is 0 Å². The number of benzene rings is 1. The minimum absolute atomic E-state index is 0.0776. The number of aliphatic imine (C=N–C) groups is 1. The van der Waals surface area contributed by atoms with E-state index in [0.717, 1.165) is 38.4 Å². The Morgan fingerprint density at radius 1 is 1.14 bits per heavy atom. The average Bonchev–Trinajstić information content (AvgIpc) is 2.68. The monoisotopic (exact) mass is 389 g/mol. The van der Waals surface area contributed by atoms with Crippen LogP contribution < -0.4 is 16.0 Å². The zero-order valence-electron chi connectivity index (χ0n) is 18.3. The molecule has 158 valence electrons. The molecule has 0 radical (unpaired) electrons. The van der Waals surface area contributed by atoms with E-state index in [0.29, 0.717) is 19.0 Å². The fourth-order valence-corrected chi connectivity index (χ4v) is 2.70. The molecule has 6 nitrogen and oxygen atoms in total. The summed E-state index contributed by atoms with van der Waals surface area (Å²) in [4.78, 5) is 18.9. The molecule has 0 aliphatic rings. The van der Waals surface area contributed by atoms with Gasteiger partial charge in [-0.2, -0.15) is 0 Å². The zero-order valence-corrected chi connectivity index (χ0v) is 18.3. The number of carbonyl (C=O) groups excluding carboxylic acids is 1. The molecule has 0 saturated heterocycles. The Balaban J connectivity index is 2.37. The molecule has 1 rings (SSSR count). The van der Waals surface area contributed by atoms with Crippen molar-refractivity contribution in [2.45, 2.75) is 65.6 Å². The summed E-state index contributed by atoms with van der Waals surface area (Å²) in [6.45, 7) is 11.4. The van der Waals surface area contributed by atoms with Gasteiger partial charge in [0.1, 0.15) is 0 Å². The van der Waals surface area contributed by atoms with Gasteiger partial charge in [-0.05, 0) is 46.2 Å². The van der Waals surface area contributed by atoms with E-state index in [-0.39, 0.29) is 11.9 Å². The van der Waals surface area contributed by atoms with E-state index in [9.17, 15) is 4.79 Å². The number of guanidine groups is 1. The molecule has 2 unspecified atom stereocenters. The summed E-state index contributed by atoms with van der Waals surface area (Å²) in [6, 6.07) is 11.2. The molecule has 28 heavy (non-hydrogen) atoms. The van der Waals surface area contributed by atoms with Gasteiger partial charge in [0.15, 0.2) is 5.96 Å². The molecule has 1 amide bonds. The molecular formula is C22H39N5O. The van der Waals surface area contributed by atoms with E-state index < -0.39 is 0 Å². The van der Waals surface area contributed by atoms with Gasteiger partial charge < -0.3 is 16.0 Å². The van der Waals surface area contributed by atoms with Crippen molar-refractivity contribution in [2.75, 3.05) is 26.7 Å². The Morgan fingerprint density at radius 2 is 1.86 bits per heavy atom. The van der Waals surface area contributed by atoms with Crippen molar-refractivity contribution in [2.24, 2.45) is 4.99 Å². The molecule has 0 bridgehead atoms. The lowest BCUT2D eigenvalue weighted by Gasteiger charge is -2.24. The average molecular weight is 390 g/mol. The van der Waals surface area contributed by atoms with Gasteiger partial charge in [-0.25, -0.2) is 0 Å². The fraction of sp³-hybridized carbons (Fsp3) is 0.636.